The molecule has 7 amide bonds. The van der Waals surface area contributed by atoms with Crippen molar-refractivity contribution in [2.45, 2.75) is 244 Å². The number of nitrogens with zero attached hydrogens (tertiary/aromatic N) is 2. The molecule has 8 atom stereocenters. The fraction of sp³-hybridized carbons (Fsp3) is 0.587. The van der Waals surface area contributed by atoms with Crippen molar-refractivity contribution < 1.29 is 92.8 Å². The Balaban J connectivity index is 0.000000307. The van der Waals surface area contributed by atoms with Crippen LogP contribution in [0.15, 0.2) is 102 Å². The molecule has 29 nitrogen and oxygen atoms in total. The lowest BCUT2D eigenvalue weighted by Crippen LogP contribution is -2.56. The maximum absolute atomic E-state index is 14.4. The van der Waals surface area contributed by atoms with Crippen molar-refractivity contribution in [3.63, 3.8) is 0 Å². The predicted molar refractivity (Wildman–Crippen MR) is 393 cm³/mol. The van der Waals surface area contributed by atoms with Gasteiger partial charge in [-0.2, -0.15) is 0 Å². The third-order valence-electron chi connectivity index (χ3n) is 19.9. The molecule has 4 aliphatic carbocycles. The zero-order valence-corrected chi connectivity index (χ0v) is 63.4. The molecule has 1 saturated heterocycles. The van der Waals surface area contributed by atoms with Crippen molar-refractivity contribution in [1.29, 1.82) is 0 Å². The van der Waals surface area contributed by atoms with Gasteiger partial charge in [0.1, 0.15) is 68.7 Å². The number of hydrogen-bond acceptors (Lipinski definition) is 22. The van der Waals surface area contributed by atoms with E-state index in [1.54, 1.807) is 69.3 Å². The molecule has 3 aromatic carbocycles. The molecular weight excluding hydrogens is 1430 g/mol. The number of methoxy groups -OCH3 is 2. The number of hydrogen-bond donors (Lipinski definition) is 8. The van der Waals surface area contributed by atoms with Crippen LogP contribution < -0.4 is 41.8 Å². The van der Waals surface area contributed by atoms with Crippen LogP contribution >= 0.6 is 0 Å². The maximum Gasteiger partial charge on any atom is 0.411 e. The quantitative estimate of drug-likeness (QED) is 0.0117. The molecule has 9 N–H and O–H groups in total. The van der Waals surface area contributed by atoms with E-state index in [-0.39, 0.29) is 66.1 Å². The van der Waals surface area contributed by atoms with Gasteiger partial charge in [0, 0.05) is 43.5 Å². The summed E-state index contributed by atoms with van der Waals surface area (Å²) in [6.45, 7) is 13.2. The van der Waals surface area contributed by atoms with Crippen LogP contribution in [0.2, 0.25) is 0 Å². The number of para-hydroxylation sites is 2. The lowest BCUT2D eigenvalue weighted by atomic mass is 10.1. The summed E-state index contributed by atoms with van der Waals surface area (Å²) in [5.74, 6) is -4.88. The van der Waals surface area contributed by atoms with Gasteiger partial charge in [-0.25, -0.2) is 59.4 Å². The van der Waals surface area contributed by atoms with Crippen LogP contribution in [0, 0.1) is 17.7 Å². The normalized spacial score (nSPS) is 21.5. The zero-order valence-electron chi connectivity index (χ0n) is 61.8. The molecule has 1 unspecified atom stereocenters. The van der Waals surface area contributed by atoms with E-state index in [1.807, 2.05) is 0 Å². The number of likely N-dealkylation sites (tertiary alicyclic amines) is 1. The van der Waals surface area contributed by atoms with Gasteiger partial charge in [-0.05, 0) is 147 Å². The van der Waals surface area contributed by atoms with E-state index in [9.17, 15) is 64.4 Å². The van der Waals surface area contributed by atoms with Gasteiger partial charge in [0.05, 0.1) is 38.7 Å². The second kappa shape index (κ2) is 38.2. The lowest BCUT2D eigenvalue weighted by Gasteiger charge is -2.29. The molecular formula is C75H105FN10O19S2. The van der Waals surface area contributed by atoms with E-state index >= 15 is 0 Å². The van der Waals surface area contributed by atoms with Crippen LogP contribution in [-0.4, -0.2) is 168 Å². The molecule has 0 bridgehead atoms. The number of unbranched alkanes of at least 4 members (excludes halogenated alkanes) is 8. The molecule has 588 valence electrons. The number of nitrogens with two attached hydrogens (primary N) is 1. The average Bonchev–Trinajstić information content (AvgIpc) is 1.58. The number of fused-ring (bicyclic) bond motifs is 1. The first kappa shape index (κ1) is 83.6. The molecule has 0 aromatic heterocycles. The highest BCUT2D eigenvalue weighted by atomic mass is 32.2. The number of carbonyl (C=O) groups is 9. The number of ether oxygens (including phenoxy) is 6. The van der Waals surface area contributed by atoms with Gasteiger partial charge in [-0.15, -0.1) is 13.2 Å². The number of sulfonamides is 2. The molecule has 6 aliphatic rings. The second-order valence-electron chi connectivity index (χ2n) is 29.1. The molecule has 0 radical (unpaired) electrons. The van der Waals surface area contributed by atoms with Crippen LogP contribution in [0.4, 0.5) is 34.9 Å². The Hall–Kier alpha value is -9.04. The van der Waals surface area contributed by atoms with Crippen LogP contribution in [0.1, 0.15) is 180 Å². The van der Waals surface area contributed by atoms with E-state index in [1.165, 1.54) is 49.5 Å². The van der Waals surface area contributed by atoms with Crippen LogP contribution in [0.3, 0.4) is 0 Å². The summed E-state index contributed by atoms with van der Waals surface area (Å²) < 4.78 is 104. The van der Waals surface area contributed by atoms with Crippen LogP contribution in [0.5, 0.6) is 0 Å². The van der Waals surface area contributed by atoms with Gasteiger partial charge >= 0.3 is 36.3 Å². The van der Waals surface area contributed by atoms with Gasteiger partial charge in [0.2, 0.25) is 5.91 Å². The van der Waals surface area contributed by atoms with E-state index in [4.69, 9.17) is 34.2 Å². The van der Waals surface area contributed by atoms with Gasteiger partial charge in [-0.3, -0.25) is 24.2 Å². The van der Waals surface area contributed by atoms with Gasteiger partial charge in [0.15, 0.2) is 0 Å². The van der Waals surface area contributed by atoms with Gasteiger partial charge < -0.3 is 60.7 Å². The van der Waals surface area contributed by atoms with Gasteiger partial charge in [-0.1, -0.05) is 99.9 Å². The van der Waals surface area contributed by atoms with Gasteiger partial charge in [0.25, 0.3) is 31.9 Å². The fourth-order valence-corrected chi connectivity index (χ4v) is 16.2. The molecule has 5 fully saturated rings. The minimum atomic E-state index is -4.50. The zero-order chi connectivity index (χ0) is 77.7. The Morgan fingerprint density at radius 2 is 1.09 bits per heavy atom. The summed E-state index contributed by atoms with van der Waals surface area (Å²) in [6.07, 6.45) is 15.4. The standard InChI is InChI=1S/C47H63FN6O12S.C28H42N4O7S/c1-6-31-26-47(31,51-40(55)38-25-33(28-54(38)45(60)66-46(2,3)4)65-44(59)53-27-30-17-16-20-35(48)34(30)29-53)42(57)52-67(61,62)39-23-14-13-21-36(39)49-24-15-9-7-8-10-22-37(41(56)63-5)50-43(58)64-32-18-11-12-19-32;1-3-20-19-28(20,29)26(34)32-40(36,37)24-17-11-10-15-22(24)30-18-12-6-4-5-7-16-23(25(33)38-2)31-27(35)39-21-13-8-9-14-21/h6,13-14,16-17,20-21,23,31-33,37-38,49H,1,7-12,15,18-19,22,24-29H2,2-5H3,(H,50,58)(H,51,55)(H,52,57);3,10-11,15,17,20-21,23,30H,1,4-9,12-14,16,18-19,29H2,2H3,(H,31,35)(H,32,34)/t31-,33-,37+,38?,47-;20-,23+,28-/m11/s1. The Bertz CT molecular complexity index is 3910. The highest BCUT2D eigenvalue weighted by Crippen LogP contribution is 2.46. The summed E-state index contributed by atoms with van der Waals surface area (Å²) in [4.78, 5) is 118. The number of alkyl carbamates (subject to hydrolysis) is 2. The molecule has 0 spiro atoms. The van der Waals surface area contributed by atoms with Crippen LogP contribution in [0.25, 0.3) is 0 Å². The monoisotopic (exact) mass is 1530 g/mol. The number of benzene rings is 3. The second-order valence-corrected chi connectivity index (χ2v) is 32.4. The first-order valence-electron chi connectivity index (χ1n) is 36.9. The molecule has 2 heterocycles. The van der Waals surface area contributed by atoms with Crippen molar-refractivity contribution in [3.8, 4) is 0 Å². The summed E-state index contributed by atoms with van der Waals surface area (Å²) in [5, 5.41) is 14.3. The molecule has 3 aromatic rings. The number of amides is 7. The topological polar surface area (TPSA) is 394 Å². The molecule has 2 aliphatic heterocycles. The van der Waals surface area contributed by atoms with Crippen molar-refractivity contribution >= 4 is 85.5 Å². The average molecular weight is 1530 g/mol. The smallest absolute Gasteiger partial charge is 0.411 e. The number of esters is 2. The Kier molecular flexibility index (Phi) is 29.8. The van der Waals surface area contributed by atoms with Crippen LogP contribution in [-0.2, 0) is 85.5 Å². The van der Waals surface area contributed by atoms with E-state index in [2.05, 4.69) is 49.2 Å². The Morgan fingerprint density at radius 1 is 0.607 bits per heavy atom. The van der Waals surface area contributed by atoms with E-state index in [0.29, 0.717) is 62.0 Å². The summed E-state index contributed by atoms with van der Waals surface area (Å²) in [6, 6.07) is 14.3. The van der Waals surface area contributed by atoms with E-state index in [0.717, 1.165) is 108 Å². The highest BCUT2D eigenvalue weighted by Gasteiger charge is 2.62. The van der Waals surface area contributed by atoms with Crippen molar-refractivity contribution in [3.05, 3.63) is 109 Å². The Morgan fingerprint density at radius 3 is 1.56 bits per heavy atom. The summed E-state index contributed by atoms with van der Waals surface area (Å²) in [5.41, 5.74) is 3.77. The largest absolute Gasteiger partial charge is 0.467 e. The summed E-state index contributed by atoms with van der Waals surface area (Å²) in [7, 11) is -6.04. The van der Waals surface area contributed by atoms with Crippen molar-refractivity contribution in [2.24, 2.45) is 17.6 Å². The highest BCUT2D eigenvalue weighted by molar-refractivity contribution is 7.90. The lowest BCUT2D eigenvalue weighted by molar-refractivity contribution is -0.144. The predicted octanol–water partition coefficient (Wildman–Crippen LogP) is 9.54. The first-order valence-corrected chi connectivity index (χ1v) is 39.9. The number of anilines is 2. The molecule has 9 rings (SSSR count). The minimum Gasteiger partial charge on any atom is -0.467 e. The van der Waals surface area contributed by atoms with E-state index < -0.39 is 127 Å². The fourth-order valence-electron chi connectivity index (χ4n) is 13.7. The molecule has 107 heavy (non-hydrogen) atoms. The number of halogens is 1. The number of carbonyl (C=O) groups excluding carboxylic acids is 9. The van der Waals surface area contributed by atoms with Crippen molar-refractivity contribution in [1.82, 2.24) is 35.2 Å². The minimum absolute atomic E-state index is 0.0125. The third kappa shape index (κ3) is 23.5. The number of rotatable bonds is 35. The third-order valence-corrected chi connectivity index (χ3v) is 22.7. The molecule has 32 heteroatoms. The molecule has 4 saturated carbocycles. The summed E-state index contributed by atoms with van der Waals surface area (Å²) >= 11 is 0. The number of nitrogens with one attached hydrogen (secondary N) is 7. The Labute approximate surface area is 625 Å². The SMILES string of the molecule is C=C[C@@H]1C[C@]1(N)C(=O)NS(=O)(=O)c1ccccc1NCCCCCCC[C@H](NC(=O)OC1CCCC1)C(=O)OC.C=C[C@@H]1C[C@]1(NC(=O)C1C[C@@H](OC(=O)N2Cc3cccc(F)c3C2)CN1C(=O)OC(C)(C)C)C(=O)NS(=O)(=O)c1ccccc1NCCCCCCC[C@H](NC(=O)OC1CCCC1)C(=O)OC. The van der Waals surface area contributed by atoms with Crippen molar-refractivity contribution in [2.75, 3.05) is 44.5 Å². The first-order chi connectivity index (χ1) is 50.9. The maximum atomic E-state index is 14.4.